The minimum atomic E-state index is -4.72. The van der Waals surface area contributed by atoms with Crippen molar-refractivity contribution in [3.8, 4) is 0 Å². The zero-order valence-corrected chi connectivity index (χ0v) is 7.47. The molecular weight excluding hydrogens is 197 g/mol. The largest absolute Gasteiger partial charge is 0.471 e. The Kier molecular flexibility index (Phi) is 2.17. The summed E-state index contributed by atoms with van der Waals surface area (Å²) in [5, 5.41) is 3.02. The van der Waals surface area contributed by atoms with E-state index < -0.39 is 12.1 Å². The first-order valence-electron chi connectivity index (χ1n) is 4.60. The van der Waals surface area contributed by atoms with Gasteiger partial charge in [-0.2, -0.15) is 13.2 Å². The van der Waals surface area contributed by atoms with E-state index in [2.05, 4.69) is 5.32 Å². The smallest absolute Gasteiger partial charge is 0.326 e. The van der Waals surface area contributed by atoms with Crippen LogP contribution in [0.4, 0.5) is 13.2 Å². The average molecular weight is 208 g/mol. The molecule has 0 aromatic rings. The molecule has 6 heteroatoms. The van der Waals surface area contributed by atoms with Gasteiger partial charge in [-0.1, -0.05) is 0 Å². The highest BCUT2D eigenvalue weighted by molar-refractivity contribution is 5.83. The number of amides is 1. The molecule has 2 fully saturated rings. The van der Waals surface area contributed by atoms with Gasteiger partial charge in [0.1, 0.15) is 0 Å². The second-order valence-corrected chi connectivity index (χ2v) is 3.75. The van der Waals surface area contributed by atoms with Gasteiger partial charge in [0.2, 0.25) is 0 Å². The molecule has 14 heavy (non-hydrogen) atoms. The molecule has 0 radical (unpaired) electrons. The maximum absolute atomic E-state index is 12.2. The Bertz CT molecular complexity index is 237. The summed E-state index contributed by atoms with van der Waals surface area (Å²) in [6.45, 7) is 0.969. The average Bonchev–Trinajstić information content (AvgIpc) is 2.32. The number of hydrogen-bond acceptors (Lipinski definition) is 2. The van der Waals surface area contributed by atoms with Gasteiger partial charge in [-0.25, -0.2) is 0 Å². The number of piperazine rings is 1. The van der Waals surface area contributed by atoms with Gasteiger partial charge in [0.25, 0.3) is 0 Å². The molecule has 2 bridgehead atoms. The fourth-order valence-electron chi connectivity index (χ4n) is 2.26. The highest BCUT2D eigenvalue weighted by atomic mass is 19.4. The summed E-state index contributed by atoms with van der Waals surface area (Å²) in [7, 11) is 0. The van der Waals surface area contributed by atoms with Gasteiger partial charge >= 0.3 is 12.1 Å². The van der Waals surface area contributed by atoms with Gasteiger partial charge in [-0.05, 0) is 12.8 Å². The molecule has 80 valence electrons. The highest BCUT2D eigenvalue weighted by Crippen LogP contribution is 2.31. The Morgan fingerprint density at radius 1 is 1.21 bits per heavy atom. The summed E-state index contributed by atoms with van der Waals surface area (Å²) >= 11 is 0. The van der Waals surface area contributed by atoms with Crippen molar-refractivity contribution in [3.63, 3.8) is 0 Å². The zero-order chi connectivity index (χ0) is 10.3. The fourth-order valence-corrected chi connectivity index (χ4v) is 2.26. The number of halogens is 3. The van der Waals surface area contributed by atoms with Crippen molar-refractivity contribution in [3.05, 3.63) is 0 Å². The number of rotatable bonds is 0. The molecule has 0 aromatic heterocycles. The van der Waals surface area contributed by atoms with Crippen LogP contribution in [-0.4, -0.2) is 42.2 Å². The van der Waals surface area contributed by atoms with Crippen molar-refractivity contribution in [2.75, 3.05) is 13.1 Å². The Morgan fingerprint density at radius 2 is 1.71 bits per heavy atom. The van der Waals surface area contributed by atoms with E-state index in [0.717, 1.165) is 4.90 Å². The molecule has 1 amide bonds. The Morgan fingerprint density at radius 3 is 2.14 bits per heavy atom. The van der Waals surface area contributed by atoms with Crippen LogP contribution in [0.5, 0.6) is 0 Å². The van der Waals surface area contributed by atoms with Crippen molar-refractivity contribution in [1.29, 1.82) is 0 Å². The molecule has 2 rings (SSSR count). The van der Waals surface area contributed by atoms with Gasteiger partial charge < -0.3 is 10.2 Å². The first-order valence-corrected chi connectivity index (χ1v) is 4.60. The van der Waals surface area contributed by atoms with Crippen molar-refractivity contribution >= 4 is 5.91 Å². The third-order valence-electron chi connectivity index (χ3n) is 2.86. The molecule has 0 aliphatic carbocycles. The summed E-state index contributed by atoms with van der Waals surface area (Å²) in [5.74, 6) is -1.67. The number of alkyl halides is 3. The monoisotopic (exact) mass is 208 g/mol. The van der Waals surface area contributed by atoms with E-state index in [9.17, 15) is 18.0 Å². The number of nitrogens with zero attached hydrogens (tertiary/aromatic N) is 1. The summed E-state index contributed by atoms with van der Waals surface area (Å²) in [6.07, 6.45) is -3.36. The molecule has 2 aliphatic heterocycles. The maximum atomic E-state index is 12.2. The van der Waals surface area contributed by atoms with E-state index in [-0.39, 0.29) is 12.1 Å². The van der Waals surface area contributed by atoms with Crippen LogP contribution in [0.2, 0.25) is 0 Å². The van der Waals surface area contributed by atoms with E-state index in [1.54, 1.807) is 0 Å². The summed E-state index contributed by atoms with van der Waals surface area (Å²) in [6, 6.07) is -0.522. The van der Waals surface area contributed by atoms with E-state index in [4.69, 9.17) is 0 Å². The summed E-state index contributed by atoms with van der Waals surface area (Å²) in [5.41, 5.74) is 0. The molecule has 2 aliphatic rings. The lowest BCUT2D eigenvalue weighted by Gasteiger charge is -2.35. The Balaban J connectivity index is 2.15. The molecule has 0 spiro atoms. The first-order chi connectivity index (χ1) is 6.50. The molecular formula is C8H11F3N2O. The number of hydrogen-bond donors (Lipinski definition) is 1. The van der Waals surface area contributed by atoms with Crippen molar-refractivity contribution < 1.29 is 18.0 Å². The van der Waals surface area contributed by atoms with Gasteiger partial charge in [0.15, 0.2) is 0 Å². The van der Waals surface area contributed by atoms with Crippen molar-refractivity contribution in [2.24, 2.45) is 0 Å². The van der Waals surface area contributed by atoms with Gasteiger partial charge in [0.05, 0.1) is 0 Å². The third kappa shape index (κ3) is 1.47. The van der Waals surface area contributed by atoms with E-state index >= 15 is 0 Å². The van der Waals surface area contributed by atoms with Crippen LogP contribution < -0.4 is 5.32 Å². The van der Waals surface area contributed by atoms with Crippen molar-refractivity contribution in [2.45, 2.75) is 31.1 Å². The molecule has 0 aromatic carbocycles. The summed E-state index contributed by atoms with van der Waals surface area (Å²) in [4.78, 5) is 12.1. The number of nitrogens with one attached hydrogen (secondary N) is 1. The first kappa shape index (κ1) is 9.76. The van der Waals surface area contributed by atoms with E-state index in [1.165, 1.54) is 0 Å². The minimum absolute atomic E-state index is 0.261. The van der Waals surface area contributed by atoms with Gasteiger partial charge in [-0.15, -0.1) is 0 Å². The predicted octanol–water partition coefficient (Wildman–Crippen LogP) is 0.511. The molecule has 2 heterocycles. The zero-order valence-electron chi connectivity index (χ0n) is 7.47. The topological polar surface area (TPSA) is 32.3 Å². The van der Waals surface area contributed by atoms with Crippen LogP contribution in [-0.2, 0) is 4.79 Å². The number of carbonyl (C=O) groups excluding carboxylic acids is 1. The highest BCUT2D eigenvalue weighted by Gasteiger charge is 2.50. The summed E-state index contributed by atoms with van der Waals surface area (Å²) < 4.78 is 36.6. The molecule has 2 atom stereocenters. The quantitative estimate of drug-likeness (QED) is 0.629. The fraction of sp³-hybridized carbons (Fsp3) is 0.875. The second-order valence-electron chi connectivity index (χ2n) is 3.75. The number of carbonyl (C=O) groups is 1. The van der Waals surface area contributed by atoms with Crippen LogP contribution in [0.1, 0.15) is 12.8 Å². The minimum Gasteiger partial charge on any atom is -0.326 e. The normalized spacial score (nSPS) is 32.1. The lowest BCUT2D eigenvalue weighted by atomic mass is 10.2. The van der Waals surface area contributed by atoms with Crippen LogP contribution in [0, 0.1) is 0 Å². The lowest BCUT2D eigenvalue weighted by Crippen LogP contribution is -2.57. The van der Waals surface area contributed by atoms with E-state index in [0.29, 0.717) is 25.9 Å². The van der Waals surface area contributed by atoms with Crippen LogP contribution >= 0.6 is 0 Å². The Hall–Kier alpha value is -0.780. The molecule has 2 unspecified atom stereocenters. The van der Waals surface area contributed by atoms with Crippen LogP contribution in [0.25, 0.3) is 0 Å². The number of fused-ring (bicyclic) bond motifs is 2. The van der Waals surface area contributed by atoms with Crippen LogP contribution in [0.15, 0.2) is 0 Å². The Labute approximate surface area is 79.3 Å². The second kappa shape index (κ2) is 3.12. The predicted molar refractivity (Wildman–Crippen MR) is 42.6 cm³/mol. The standard InChI is InChI=1S/C8H11F3N2O/c9-8(10,11)7(14)13-5-1-2-6(13)4-12-3-5/h5-6,12H,1-4H2. The SMILES string of the molecule is O=C(N1C2CCC1CNC2)C(F)(F)F. The third-order valence-corrected chi connectivity index (χ3v) is 2.86. The molecule has 0 saturated carbocycles. The van der Waals surface area contributed by atoms with Gasteiger partial charge in [0, 0.05) is 25.2 Å². The lowest BCUT2D eigenvalue weighted by molar-refractivity contribution is -0.189. The molecule has 2 saturated heterocycles. The van der Waals surface area contributed by atoms with Gasteiger partial charge in [-0.3, -0.25) is 4.79 Å². The van der Waals surface area contributed by atoms with Crippen LogP contribution in [0.3, 0.4) is 0 Å². The molecule has 3 nitrogen and oxygen atoms in total. The van der Waals surface area contributed by atoms with Crippen molar-refractivity contribution in [1.82, 2.24) is 10.2 Å². The molecule has 1 N–H and O–H groups in total. The van der Waals surface area contributed by atoms with E-state index in [1.807, 2.05) is 0 Å². The maximum Gasteiger partial charge on any atom is 0.471 e.